The lowest BCUT2D eigenvalue weighted by molar-refractivity contribution is 0.457. The Hall–Kier alpha value is -1.64. The molecule has 0 saturated heterocycles. The maximum absolute atomic E-state index is 2.29. The second kappa shape index (κ2) is 5.16. The van der Waals surface area contributed by atoms with Crippen molar-refractivity contribution in [2.75, 3.05) is 20.6 Å². The van der Waals surface area contributed by atoms with Crippen LogP contribution in [0.15, 0.2) is 48.5 Å². The normalized spacial score (nSPS) is 12.2. The van der Waals surface area contributed by atoms with Crippen LogP contribution in [0.1, 0.15) is 5.56 Å². The summed E-state index contributed by atoms with van der Waals surface area (Å²) in [6, 6.07) is 15.3. The molecule has 19 heavy (non-hydrogen) atoms. The number of benzene rings is 2. The van der Waals surface area contributed by atoms with Crippen LogP contribution in [-0.4, -0.2) is 25.5 Å². The highest BCUT2D eigenvalue weighted by Gasteiger charge is 2.03. The minimum absolute atomic E-state index is 0.975. The van der Waals surface area contributed by atoms with Gasteiger partial charge >= 0.3 is 0 Å². The van der Waals surface area contributed by atoms with Crippen LogP contribution < -0.4 is 0 Å². The van der Waals surface area contributed by atoms with E-state index in [2.05, 4.69) is 73.6 Å². The zero-order valence-electron chi connectivity index (χ0n) is 11.3. The van der Waals surface area contributed by atoms with Crippen molar-refractivity contribution in [1.82, 2.24) is 4.90 Å². The molecule has 96 valence electrons. The lowest BCUT2D eigenvalue weighted by atomic mass is 10.1. The van der Waals surface area contributed by atoms with Gasteiger partial charge in [0.05, 0.1) is 0 Å². The fraction of sp³-hybridized carbons (Fsp3) is 0.176. The van der Waals surface area contributed by atoms with Crippen molar-refractivity contribution in [3.05, 3.63) is 54.1 Å². The van der Waals surface area contributed by atoms with Gasteiger partial charge in [-0.05, 0) is 37.9 Å². The summed E-state index contributed by atoms with van der Waals surface area (Å²) in [5, 5.41) is 2.73. The molecule has 0 aliphatic heterocycles. The van der Waals surface area contributed by atoms with E-state index >= 15 is 0 Å². The van der Waals surface area contributed by atoms with Crippen LogP contribution in [0.3, 0.4) is 0 Å². The molecule has 0 amide bonds. The standard InChI is InChI=1S/C17H17NS/c1-18(2)11-5-6-13-9-10-17-15(12-13)14-7-3-4-8-16(14)19-17/h3-10,12H,11H2,1-2H3. The molecule has 0 fully saturated rings. The SMILES string of the molecule is CN(C)CC=Cc1ccc2sc3ccccc3c2c1. The summed E-state index contributed by atoms with van der Waals surface area (Å²) in [4.78, 5) is 2.16. The van der Waals surface area contributed by atoms with E-state index in [0.717, 1.165) is 6.54 Å². The summed E-state index contributed by atoms with van der Waals surface area (Å²) in [6.45, 7) is 0.975. The summed E-state index contributed by atoms with van der Waals surface area (Å²) < 4.78 is 2.73. The van der Waals surface area contributed by atoms with Crippen molar-refractivity contribution in [3.8, 4) is 0 Å². The van der Waals surface area contributed by atoms with Crippen molar-refractivity contribution in [2.45, 2.75) is 0 Å². The first-order valence-electron chi connectivity index (χ1n) is 6.46. The molecule has 2 aromatic carbocycles. The van der Waals surface area contributed by atoms with E-state index in [9.17, 15) is 0 Å². The van der Waals surface area contributed by atoms with Crippen LogP contribution in [0.2, 0.25) is 0 Å². The Morgan fingerprint density at radius 2 is 1.79 bits per heavy atom. The van der Waals surface area contributed by atoms with E-state index in [0.29, 0.717) is 0 Å². The van der Waals surface area contributed by atoms with E-state index in [1.807, 2.05) is 11.3 Å². The average molecular weight is 267 g/mol. The van der Waals surface area contributed by atoms with Gasteiger partial charge in [-0.25, -0.2) is 0 Å². The number of nitrogens with zero attached hydrogens (tertiary/aromatic N) is 1. The Kier molecular flexibility index (Phi) is 3.36. The predicted molar refractivity (Wildman–Crippen MR) is 86.9 cm³/mol. The van der Waals surface area contributed by atoms with Gasteiger partial charge in [0.1, 0.15) is 0 Å². The van der Waals surface area contributed by atoms with Gasteiger partial charge in [-0.2, -0.15) is 0 Å². The highest BCUT2D eigenvalue weighted by Crippen LogP contribution is 2.34. The molecular formula is C17H17NS. The van der Waals surface area contributed by atoms with Gasteiger partial charge in [-0.1, -0.05) is 36.4 Å². The first-order chi connectivity index (χ1) is 9.24. The lowest BCUT2D eigenvalue weighted by Gasteiger charge is -2.03. The molecule has 3 aromatic rings. The number of rotatable bonds is 3. The molecule has 0 N–H and O–H groups in total. The fourth-order valence-electron chi connectivity index (χ4n) is 2.25. The molecule has 0 radical (unpaired) electrons. The largest absolute Gasteiger partial charge is 0.306 e. The van der Waals surface area contributed by atoms with Gasteiger partial charge in [0, 0.05) is 26.7 Å². The van der Waals surface area contributed by atoms with E-state index in [-0.39, 0.29) is 0 Å². The minimum Gasteiger partial charge on any atom is -0.306 e. The molecular weight excluding hydrogens is 250 g/mol. The summed E-state index contributed by atoms with van der Waals surface area (Å²) in [6.07, 6.45) is 4.40. The monoisotopic (exact) mass is 267 g/mol. The predicted octanol–water partition coefficient (Wildman–Crippen LogP) is 4.63. The summed E-state index contributed by atoms with van der Waals surface area (Å²) in [5.74, 6) is 0. The van der Waals surface area contributed by atoms with Crippen molar-refractivity contribution < 1.29 is 0 Å². The van der Waals surface area contributed by atoms with E-state index in [1.165, 1.54) is 25.7 Å². The quantitative estimate of drug-likeness (QED) is 0.669. The van der Waals surface area contributed by atoms with Crippen LogP contribution in [0.4, 0.5) is 0 Å². The molecule has 0 aliphatic carbocycles. The third-order valence-corrected chi connectivity index (χ3v) is 4.33. The summed E-state index contributed by atoms with van der Waals surface area (Å²) in [5.41, 5.74) is 1.28. The third kappa shape index (κ3) is 2.55. The molecule has 2 heteroatoms. The molecule has 1 nitrogen and oxygen atoms in total. The first-order valence-corrected chi connectivity index (χ1v) is 7.28. The topological polar surface area (TPSA) is 3.24 Å². The van der Waals surface area contributed by atoms with Crippen molar-refractivity contribution >= 4 is 37.6 Å². The molecule has 0 unspecified atom stereocenters. The molecule has 3 rings (SSSR count). The Balaban J connectivity index is 2.04. The number of hydrogen-bond donors (Lipinski definition) is 0. The Labute approximate surface area is 117 Å². The Morgan fingerprint density at radius 3 is 2.63 bits per heavy atom. The second-order valence-electron chi connectivity index (χ2n) is 5.02. The average Bonchev–Trinajstić information content (AvgIpc) is 2.76. The van der Waals surface area contributed by atoms with Gasteiger partial charge < -0.3 is 4.90 Å². The van der Waals surface area contributed by atoms with Crippen molar-refractivity contribution in [1.29, 1.82) is 0 Å². The Bertz CT molecular complexity index is 737. The molecule has 0 saturated carbocycles. The van der Waals surface area contributed by atoms with Crippen LogP contribution >= 0.6 is 11.3 Å². The number of hydrogen-bond acceptors (Lipinski definition) is 2. The van der Waals surface area contributed by atoms with Gasteiger partial charge in [-0.15, -0.1) is 11.3 Å². The van der Waals surface area contributed by atoms with Gasteiger partial charge in [0.15, 0.2) is 0 Å². The first kappa shape index (κ1) is 12.4. The molecule has 1 heterocycles. The maximum atomic E-state index is 2.29. The number of thiophene rings is 1. The maximum Gasteiger partial charge on any atom is 0.0355 e. The number of fused-ring (bicyclic) bond motifs is 3. The molecule has 1 aromatic heterocycles. The third-order valence-electron chi connectivity index (χ3n) is 3.18. The van der Waals surface area contributed by atoms with E-state index < -0.39 is 0 Å². The van der Waals surface area contributed by atoms with Crippen LogP contribution in [0.25, 0.3) is 26.2 Å². The highest BCUT2D eigenvalue weighted by molar-refractivity contribution is 7.25. The van der Waals surface area contributed by atoms with Crippen molar-refractivity contribution in [2.24, 2.45) is 0 Å². The lowest BCUT2D eigenvalue weighted by Crippen LogP contribution is -2.10. The Morgan fingerprint density at radius 1 is 1.00 bits per heavy atom. The van der Waals surface area contributed by atoms with Crippen molar-refractivity contribution in [3.63, 3.8) is 0 Å². The van der Waals surface area contributed by atoms with Gasteiger partial charge in [-0.3, -0.25) is 0 Å². The molecule has 0 bridgehead atoms. The smallest absolute Gasteiger partial charge is 0.0355 e. The van der Waals surface area contributed by atoms with E-state index in [4.69, 9.17) is 0 Å². The van der Waals surface area contributed by atoms with E-state index in [1.54, 1.807) is 0 Å². The highest BCUT2D eigenvalue weighted by atomic mass is 32.1. The minimum atomic E-state index is 0.975. The van der Waals surface area contributed by atoms with Crippen LogP contribution in [0.5, 0.6) is 0 Å². The van der Waals surface area contributed by atoms with Gasteiger partial charge in [0.2, 0.25) is 0 Å². The molecule has 0 aliphatic rings. The number of likely N-dealkylation sites (N-methyl/N-ethyl adjacent to an activating group) is 1. The zero-order valence-corrected chi connectivity index (χ0v) is 12.1. The summed E-state index contributed by atoms with van der Waals surface area (Å²) >= 11 is 1.87. The summed E-state index contributed by atoms with van der Waals surface area (Å²) in [7, 11) is 4.17. The fourth-order valence-corrected chi connectivity index (χ4v) is 3.33. The second-order valence-corrected chi connectivity index (χ2v) is 6.10. The van der Waals surface area contributed by atoms with Gasteiger partial charge in [0.25, 0.3) is 0 Å². The molecule has 0 atom stereocenters. The van der Waals surface area contributed by atoms with Crippen LogP contribution in [-0.2, 0) is 0 Å². The van der Waals surface area contributed by atoms with Crippen LogP contribution in [0, 0.1) is 0 Å². The zero-order chi connectivity index (χ0) is 13.2. The molecule has 0 spiro atoms.